The van der Waals surface area contributed by atoms with Crippen molar-refractivity contribution in [1.29, 1.82) is 0 Å². The summed E-state index contributed by atoms with van der Waals surface area (Å²) in [6, 6.07) is -0.976. The fourth-order valence-electron chi connectivity index (χ4n) is 1.42. The van der Waals surface area contributed by atoms with Crippen LogP contribution in [-0.2, 0) is 14.4 Å². The smallest absolute Gasteiger partial charge is 0.327 e. The number of hydrogen-bond donors (Lipinski definition) is 3. The number of amides is 2. The van der Waals surface area contributed by atoms with Crippen molar-refractivity contribution in [1.82, 2.24) is 15.5 Å². The molecule has 3 N–H and O–H groups in total. The summed E-state index contributed by atoms with van der Waals surface area (Å²) < 4.78 is 0. The van der Waals surface area contributed by atoms with E-state index in [4.69, 9.17) is 5.11 Å². The maximum absolute atomic E-state index is 11.4. The molecule has 1 atom stereocenters. The van der Waals surface area contributed by atoms with Crippen LogP contribution in [0.1, 0.15) is 20.8 Å². The third-order valence-electron chi connectivity index (χ3n) is 2.03. The van der Waals surface area contributed by atoms with Crippen LogP contribution in [-0.4, -0.2) is 60.0 Å². The van der Waals surface area contributed by atoms with Crippen molar-refractivity contribution in [2.24, 2.45) is 0 Å². The summed E-state index contributed by atoms with van der Waals surface area (Å²) in [7, 11) is 1.62. The van der Waals surface area contributed by atoms with E-state index in [2.05, 4.69) is 10.6 Å². The Balaban J connectivity index is 4.25. The highest BCUT2D eigenvalue weighted by atomic mass is 16.4. The first kappa shape index (κ1) is 16.4. The lowest BCUT2D eigenvalue weighted by molar-refractivity contribution is -0.142. The number of carbonyl (C=O) groups is 3. The van der Waals surface area contributed by atoms with E-state index in [1.165, 1.54) is 6.92 Å². The zero-order chi connectivity index (χ0) is 14.3. The van der Waals surface area contributed by atoms with Gasteiger partial charge in [-0.2, -0.15) is 0 Å². The number of carboxylic acid groups (broad SMARTS) is 1. The van der Waals surface area contributed by atoms with Gasteiger partial charge in [0.05, 0.1) is 6.54 Å². The largest absolute Gasteiger partial charge is 0.480 e. The number of hydrogen-bond acceptors (Lipinski definition) is 4. The molecule has 0 rings (SSSR count). The van der Waals surface area contributed by atoms with Gasteiger partial charge in [0.25, 0.3) is 0 Å². The maximum atomic E-state index is 11.4. The first-order valence-electron chi connectivity index (χ1n) is 5.70. The molecule has 0 aromatic carbocycles. The van der Waals surface area contributed by atoms with Gasteiger partial charge in [-0.3, -0.25) is 14.5 Å². The molecule has 18 heavy (non-hydrogen) atoms. The van der Waals surface area contributed by atoms with E-state index in [0.717, 1.165) is 0 Å². The average Bonchev–Trinajstić information content (AvgIpc) is 2.13. The Morgan fingerprint density at radius 2 is 1.78 bits per heavy atom. The summed E-state index contributed by atoms with van der Waals surface area (Å²) in [4.78, 5) is 34.7. The minimum atomic E-state index is -1.12. The Morgan fingerprint density at radius 3 is 2.17 bits per heavy atom. The lowest BCUT2D eigenvalue weighted by Crippen LogP contribution is -2.49. The van der Waals surface area contributed by atoms with Crippen molar-refractivity contribution in [3.05, 3.63) is 0 Å². The second-order valence-electron chi connectivity index (χ2n) is 4.51. The fraction of sp³-hybridized carbons (Fsp3) is 0.727. The summed E-state index contributed by atoms with van der Waals surface area (Å²) in [6.07, 6.45) is 0. The fourth-order valence-corrected chi connectivity index (χ4v) is 1.42. The molecule has 0 spiro atoms. The predicted octanol–water partition coefficient (Wildman–Crippen LogP) is -0.968. The van der Waals surface area contributed by atoms with Crippen molar-refractivity contribution in [3.8, 4) is 0 Å². The molecule has 2 amide bonds. The molecule has 0 bridgehead atoms. The number of nitrogens with zero attached hydrogens (tertiary/aromatic N) is 1. The van der Waals surface area contributed by atoms with Crippen LogP contribution in [0.4, 0.5) is 0 Å². The van der Waals surface area contributed by atoms with E-state index in [-0.39, 0.29) is 25.0 Å². The van der Waals surface area contributed by atoms with Crippen molar-refractivity contribution < 1.29 is 19.5 Å². The zero-order valence-electron chi connectivity index (χ0n) is 11.2. The first-order chi connectivity index (χ1) is 8.22. The Bertz CT molecular complexity index is 317. The highest BCUT2D eigenvalue weighted by Gasteiger charge is 2.21. The van der Waals surface area contributed by atoms with Gasteiger partial charge in [-0.25, -0.2) is 4.79 Å². The quantitative estimate of drug-likeness (QED) is 0.546. The molecule has 104 valence electrons. The Hall–Kier alpha value is -1.63. The number of carboxylic acids is 1. The maximum Gasteiger partial charge on any atom is 0.327 e. The molecule has 0 heterocycles. The monoisotopic (exact) mass is 259 g/mol. The molecular formula is C11H21N3O4. The van der Waals surface area contributed by atoms with Gasteiger partial charge in [0, 0.05) is 19.5 Å². The van der Waals surface area contributed by atoms with Crippen LogP contribution < -0.4 is 10.6 Å². The molecule has 0 aliphatic carbocycles. The Labute approximate surface area is 107 Å². The van der Waals surface area contributed by atoms with Crippen LogP contribution in [0.3, 0.4) is 0 Å². The molecule has 0 fully saturated rings. The van der Waals surface area contributed by atoms with Gasteiger partial charge >= 0.3 is 5.97 Å². The summed E-state index contributed by atoms with van der Waals surface area (Å²) >= 11 is 0. The molecular weight excluding hydrogens is 238 g/mol. The van der Waals surface area contributed by atoms with E-state index in [0.29, 0.717) is 0 Å². The molecule has 0 saturated carbocycles. The molecule has 7 nitrogen and oxygen atoms in total. The van der Waals surface area contributed by atoms with Crippen molar-refractivity contribution in [3.63, 3.8) is 0 Å². The molecule has 0 aromatic heterocycles. The van der Waals surface area contributed by atoms with E-state index in [1.807, 2.05) is 13.8 Å². The molecule has 7 heteroatoms. The van der Waals surface area contributed by atoms with E-state index in [9.17, 15) is 14.4 Å². The van der Waals surface area contributed by atoms with Crippen LogP contribution in [0.25, 0.3) is 0 Å². The van der Waals surface area contributed by atoms with E-state index >= 15 is 0 Å². The summed E-state index contributed by atoms with van der Waals surface area (Å²) in [5.74, 6) is -1.72. The highest BCUT2D eigenvalue weighted by molar-refractivity contribution is 5.82. The number of likely N-dealkylation sites (N-methyl/N-ethyl adjacent to an activating group) is 1. The third kappa shape index (κ3) is 7.61. The van der Waals surface area contributed by atoms with Crippen LogP contribution in [0.5, 0.6) is 0 Å². The normalized spacial score (nSPS) is 12.3. The van der Waals surface area contributed by atoms with Gasteiger partial charge < -0.3 is 15.7 Å². The topological polar surface area (TPSA) is 98.7 Å². The van der Waals surface area contributed by atoms with Gasteiger partial charge in [-0.15, -0.1) is 0 Å². The summed E-state index contributed by atoms with van der Waals surface area (Å²) in [5.41, 5.74) is 0. The summed E-state index contributed by atoms with van der Waals surface area (Å²) in [5, 5.41) is 13.9. The average molecular weight is 259 g/mol. The van der Waals surface area contributed by atoms with Crippen LogP contribution in [0, 0.1) is 0 Å². The highest BCUT2D eigenvalue weighted by Crippen LogP contribution is 1.91. The molecule has 1 unspecified atom stereocenters. The van der Waals surface area contributed by atoms with Gasteiger partial charge in [0.2, 0.25) is 11.8 Å². The van der Waals surface area contributed by atoms with Gasteiger partial charge in [-0.05, 0) is 20.9 Å². The van der Waals surface area contributed by atoms with Crippen LogP contribution >= 0.6 is 0 Å². The lowest BCUT2D eigenvalue weighted by atomic mass is 10.2. The van der Waals surface area contributed by atoms with Gasteiger partial charge in [0.15, 0.2) is 0 Å². The van der Waals surface area contributed by atoms with Crippen LogP contribution in [0.2, 0.25) is 0 Å². The van der Waals surface area contributed by atoms with Crippen molar-refractivity contribution in [2.75, 3.05) is 20.1 Å². The molecule has 0 aliphatic heterocycles. The van der Waals surface area contributed by atoms with E-state index in [1.54, 1.807) is 11.9 Å². The minimum Gasteiger partial charge on any atom is -0.480 e. The number of nitrogens with one attached hydrogen (secondary N) is 2. The molecule has 0 radical (unpaired) electrons. The Kier molecular flexibility index (Phi) is 6.96. The van der Waals surface area contributed by atoms with Gasteiger partial charge in [0.1, 0.15) is 6.04 Å². The third-order valence-corrected chi connectivity index (χ3v) is 2.03. The first-order valence-corrected chi connectivity index (χ1v) is 5.70. The van der Waals surface area contributed by atoms with E-state index < -0.39 is 17.9 Å². The SMILES string of the molecule is CC(=O)NC(CN(C)CC(=O)NC(C)C)C(=O)O. The zero-order valence-corrected chi connectivity index (χ0v) is 11.2. The number of rotatable bonds is 7. The van der Waals surface area contributed by atoms with Crippen molar-refractivity contribution in [2.45, 2.75) is 32.9 Å². The standard InChI is InChI=1S/C11H21N3O4/c1-7(2)12-10(16)6-14(4)5-9(11(17)18)13-8(3)15/h7,9H,5-6H2,1-4H3,(H,12,16)(H,13,15)(H,17,18). The molecule has 0 aliphatic rings. The van der Waals surface area contributed by atoms with Crippen molar-refractivity contribution >= 4 is 17.8 Å². The minimum absolute atomic E-state index is 0.0384. The molecule has 0 saturated heterocycles. The predicted molar refractivity (Wildman–Crippen MR) is 66.0 cm³/mol. The van der Waals surface area contributed by atoms with Crippen LogP contribution in [0.15, 0.2) is 0 Å². The second kappa shape index (κ2) is 7.65. The van der Waals surface area contributed by atoms with Gasteiger partial charge in [-0.1, -0.05) is 0 Å². The molecule has 0 aromatic rings. The summed E-state index contributed by atoms with van der Waals surface area (Å²) in [6.45, 7) is 5.09. The lowest BCUT2D eigenvalue weighted by Gasteiger charge is -2.21. The number of aliphatic carboxylic acids is 1. The second-order valence-corrected chi connectivity index (χ2v) is 4.51. The number of carbonyl (C=O) groups excluding carboxylic acids is 2. The Morgan fingerprint density at radius 1 is 1.22 bits per heavy atom.